The zero-order valence-corrected chi connectivity index (χ0v) is 5.68. The Kier molecular flexibility index (Phi) is 1.63. The molecule has 0 aliphatic carbocycles. The minimum Gasteiger partial charge on any atom is -0.325 e. The third-order valence-corrected chi connectivity index (χ3v) is 1.92. The molecule has 0 aromatic rings. The van der Waals surface area contributed by atoms with Gasteiger partial charge >= 0.3 is 0 Å². The van der Waals surface area contributed by atoms with Crippen molar-refractivity contribution in [2.24, 2.45) is 0 Å². The Hall–Kier alpha value is -0.660. The predicted molar refractivity (Wildman–Crippen MR) is 31.5 cm³/mol. The standard InChI is InChI=1S/C3H6N2O4S/c6-2-1-4-3(5-2)10(7,8)9/h3-4H,1H2,(H,5,6)(H,7,8,9). The lowest BCUT2D eigenvalue weighted by molar-refractivity contribution is -0.118. The molecular weight excluding hydrogens is 160 g/mol. The van der Waals surface area contributed by atoms with Crippen LogP contribution in [-0.4, -0.2) is 30.9 Å². The smallest absolute Gasteiger partial charge is 0.300 e. The molecule has 0 saturated carbocycles. The van der Waals surface area contributed by atoms with Crippen molar-refractivity contribution in [2.75, 3.05) is 6.54 Å². The fourth-order valence-corrected chi connectivity index (χ4v) is 1.19. The van der Waals surface area contributed by atoms with Gasteiger partial charge in [0.2, 0.25) is 11.4 Å². The Labute approximate surface area is 57.4 Å². The van der Waals surface area contributed by atoms with Crippen LogP contribution in [0.2, 0.25) is 0 Å². The Morgan fingerprint density at radius 3 is 2.40 bits per heavy atom. The van der Waals surface area contributed by atoms with Crippen LogP contribution in [0.25, 0.3) is 0 Å². The van der Waals surface area contributed by atoms with E-state index in [0.717, 1.165) is 0 Å². The van der Waals surface area contributed by atoms with E-state index in [-0.39, 0.29) is 6.54 Å². The third-order valence-electron chi connectivity index (χ3n) is 1.04. The van der Waals surface area contributed by atoms with Crippen LogP contribution in [0.4, 0.5) is 0 Å². The molecule has 3 N–H and O–H groups in total. The second kappa shape index (κ2) is 2.19. The van der Waals surface area contributed by atoms with E-state index in [2.05, 4.69) is 5.32 Å². The molecule has 58 valence electrons. The number of hydrogen-bond donors (Lipinski definition) is 3. The van der Waals surface area contributed by atoms with Crippen molar-refractivity contribution >= 4 is 16.0 Å². The fraction of sp³-hybridized carbons (Fsp3) is 0.667. The Morgan fingerprint density at radius 1 is 1.60 bits per heavy atom. The van der Waals surface area contributed by atoms with Gasteiger partial charge in [-0.2, -0.15) is 8.42 Å². The molecule has 1 atom stereocenters. The Balaban J connectivity index is 2.71. The van der Waals surface area contributed by atoms with Crippen molar-refractivity contribution in [1.29, 1.82) is 0 Å². The normalized spacial score (nSPS) is 26.5. The number of amides is 1. The summed E-state index contributed by atoms with van der Waals surface area (Å²) in [5.41, 5.74) is -1.33. The average molecular weight is 166 g/mol. The largest absolute Gasteiger partial charge is 0.325 e. The molecule has 1 rings (SSSR count). The minimum atomic E-state index is -4.18. The van der Waals surface area contributed by atoms with Crippen LogP contribution in [-0.2, 0) is 14.9 Å². The minimum absolute atomic E-state index is 0.0789. The number of hydrogen-bond acceptors (Lipinski definition) is 4. The average Bonchev–Trinajstić information content (AvgIpc) is 2.11. The highest BCUT2D eigenvalue weighted by molar-refractivity contribution is 7.86. The van der Waals surface area contributed by atoms with E-state index in [1.165, 1.54) is 0 Å². The van der Waals surface area contributed by atoms with Gasteiger partial charge in [-0.3, -0.25) is 14.7 Å². The summed E-state index contributed by atoms with van der Waals surface area (Å²) in [5, 5.41) is 4.25. The molecule has 1 aliphatic rings. The van der Waals surface area contributed by atoms with Gasteiger partial charge in [-0.15, -0.1) is 0 Å². The van der Waals surface area contributed by atoms with Crippen molar-refractivity contribution in [1.82, 2.24) is 10.6 Å². The molecule has 1 unspecified atom stereocenters. The van der Waals surface area contributed by atoms with Crippen LogP contribution in [0.1, 0.15) is 0 Å². The first-order chi connectivity index (χ1) is 4.50. The van der Waals surface area contributed by atoms with Crippen LogP contribution in [0, 0.1) is 0 Å². The maximum atomic E-state index is 10.4. The summed E-state index contributed by atoms with van der Waals surface area (Å²) in [7, 11) is -4.18. The highest BCUT2D eigenvalue weighted by atomic mass is 32.2. The van der Waals surface area contributed by atoms with Crippen LogP contribution >= 0.6 is 0 Å². The molecule has 1 fully saturated rings. The van der Waals surface area contributed by atoms with E-state index in [1.54, 1.807) is 0 Å². The number of carbonyl (C=O) groups is 1. The summed E-state index contributed by atoms with van der Waals surface area (Å²) in [6, 6.07) is 0. The molecule has 1 amide bonds. The van der Waals surface area contributed by atoms with Crippen molar-refractivity contribution < 1.29 is 17.8 Å². The molecular formula is C3H6N2O4S. The van der Waals surface area contributed by atoms with E-state index in [1.807, 2.05) is 5.32 Å². The maximum Gasteiger partial charge on any atom is 0.300 e. The Morgan fingerprint density at radius 2 is 2.20 bits per heavy atom. The molecule has 0 aromatic heterocycles. The molecule has 0 bridgehead atoms. The Bertz CT molecular complexity index is 245. The van der Waals surface area contributed by atoms with E-state index in [9.17, 15) is 13.2 Å². The van der Waals surface area contributed by atoms with E-state index >= 15 is 0 Å². The summed E-state index contributed by atoms with van der Waals surface area (Å²) in [5.74, 6) is -0.442. The third kappa shape index (κ3) is 1.43. The summed E-state index contributed by atoms with van der Waals surface area (Å²) >= 11 is 0. The SMILES string of the molecule is O=C1CNC(S(=O)(=O)O)N1. The summed E-state index contributed by atoms with van der Waals surface area (Å²) < 4.78 is 28.8. The molecule has 0 spiro atoms. The lowest BCUT2D eigenvalue weighted by atomic mass is 10.7. The van der Waals surface area contributed by atoms with Crippen LogP contribution < -0.4 is 10.6 Å². The first-order valence-electron chi connectivity index (χ1n) is 2.49. The van der Waals surface area contributed by atoms with Crippen molar-refractivity contribution in [3.05, 3.63) is 0 Å². The molecule has 6 nitrogen and oxygen atoms in total. The lowest BCUT2D eigenvalue weighted by Gasteiger charge is -2.03. The summed E-state index contributed by atoms with van der Waals surface area (Å²) in [4.78, 5) is 10.4. The van der Waals surface area contributed by atoms with Crippen molar-refractivity contribution in [3.8, 4) is 0 Å². The number of rotatable bonds is 1. The molecule has 1 saturated heterocycles. The maximum absolute atomic E-state index is 10.4. The van der Waals surface area contributed by atoms with Crippen LogP contribution in [0.3, 0.4) is 0 Å². The summed E-state index contributed by atoms with van der Waals surface area (Å²) in [6.07, 6.45) is 0. The zero-order chi connectivity index (χ0) is 7.78. The second-order valence-corrected chi connectivity index (χ2v) is 3.34. The highest BCUT2D eigenvalue weighted by Crippen LogP contribution is 1.94. The van der Waals surface area contributed by atoms with Gasteiger partial charge in [0.25, 0.3) is 10.1 Å². The lowest BCUT2D eigenvalue weighted by Crippen LogP contribution is -2.39. The van der Waals surface area contributed by atoms with Gasteiger partial charge in [-0.1, -0.05) is 0 Å². The molecule has 10 heavy (non-hydrogen) atoms. The van der Waals surface area contributed by atoms with E-state index < -0.39 is 21.5 Å². The molecule has 7 heteroatoms. The fourth-order valence-electron chi connectivity index (χ4n) is 0.613. The predicted octanol–water partition coefficient (Wildman–Crippen LogP) is -2.12. The second-order valence-electron chi connectivity index (χ2n) is 1.84. The molecule has 0 aromatic carbocycles. The van der Waals surface area contributed by atoms with Gasteiger partial charge in [-0.25, -0.2) is 0 Å². The van der Waals surface area contributed by atoms with Gasteiger partial charge in [0.15, 0.2) is 0 Å². The van der Waals surface area contributed by atoms with E-state index in [4.69, 9.17) is 4.55 Å². The molecule has 1 aliphatic heterocycles. The van der Waals surface area contributed by atoms with Gasteiger partial charge in [0, 0.05) is 0 Å². The van der Waals surface area contributed by atoms with Gasteiger partial charge in [-0.05, 0) is 0 Å². The topological polar surface area (TPSA) is 95.5 Å². The van der Waals surface area contributed by atoms with Crippen LogP contribution in [0.5, 0.6) is 0 Å². The number of nitrogens with one attached hydrogen (secondary N) is 2. The van der Waals surface area contributed by atoms with Crippen molar-refractivity contribution in [2.45, 2.75) is 5.50 Å². The first-order valence-corrected chi connectivity index (χ1v) is 3.99. The monoisotopic (exact) mass is 166 g/mol. The number of carbonyl (C=O) groups excluding carboxylic acids is 1. The quantitative estimate of drug-likeness (QED) is 0.387. The summed E-state index contributed by atoms with van der Waals surface area (Å²) in [6.45, 7) is -0.0789. The van der Waals surface area contributed by atoms with Crippen LogP contribution in [0.15, 0.2) is 0 Å². The van der Waals surface area contributed by atoms with E-state index in [0.29, 0.717) is 0 Å². The van der Waals surface area contributed by atoms with Crippen molar-refractivity contribution in [3.63, 3.8) is 0 Å². The van der Waals surface area contributed by atoms with Gasteiger partial charge in [0.05, 0.1) is 6.54 Å². The highest BCUT2D eigenvalue weighted by Gasteiger charge is 2.29. The molecule has 0 radical (unpaired) electrons. The van der Waals surface area contributed by atoms with Gasteiger partial charge in [0.1, 0.15) is 0 Å². The zero-order valence-electron chi connectivity index (χ0n) is 4.86. The van der Waals surface area contributed by atoms with Gasteiger partial charge < -0.3 is 5.32 Å². The molecule has 1 heterocycles. The first kappa shape index (κ1) is 7.45.